The molecule has 0 aromatic heterocycles. The predicted octanol–water partition coefficient (Wildman–Crippen LogP) is 4.69. The summed E-state index contributed by atoms with van der Waals surface area (Å²) in [6.45, 7) is 5.56. The van der Waals surface area contributed by atoms with Gasteiger partial charge in [0.1, 0.15) is 17.3 Å². The molecule has 0 saturated heterocycles. The Bertz CT molecular complexity index is 1190. The van der Waals surface area contributed by atoms with Crippen molar-refractivity contribution in [1.29, 1.82) is 0 Å². The molecular weight excluding hydrogens is 502 g/mol. The molecule has 1 N–H and O–H groups in total. The van der Waals surface area contributed by atoms with E-state index in [0.717, 1.165) is 18.1 Å². The fourth-order valence-electron chi connectivity index (χ4n) is 4.43. The van der Waals surface area contributed by atoms with Crippen LogP contribution in [-0.4, -0.2) is 46.5 Å². The summed E-state index contributed by atoms with van der Waals surface area (Å²) in [6.07, 6.45) is 2.09. The normalized spacial score (nSPS) is 17.9. The van der Waals surface area contributed by atoms with E-state index in [2.05, 4.69) is 0 Å². The van der Waals surface area contributed by atoms with Gasteiger partial charge in [0.05, 0.1) is 12.0 Å². The summed E-state index contributed by atoms with van der Waals surface area (Å²) in [4.78, 5) is 40.3. The van der Waals surface area contributed by atoms with E-state index in [-0.39, 0.29) is 18.2 Å². The van der Waals surface area contributed by atoms with Gasteiger partial charge < -0.3 is 29.0 Å². The highest BCUT2D eigenvalue weighted by Crippen LogP contribution is 2.33. The van der Waals surface area contributed by atoms with Gasteiger partial charge in [-0.2, -0.15) is 0 Å². The van der Waals surface area contributed by atoms with Crippen LogP contribution in [0, 0.1) is 11.8 Å². The van der Waals surface area contributed by atoms with Gasteiger partial charge in [-0.3, -0.25) is 9.59 Å². The second kappa shape index (κ2) is 12.3. The Morgan fingerprint density at radius 2 is 1.72 bits per heavy atom. The lowest BCUT2D eigenvalue weighted by Gasteiger charge is -2.36. The van der Waals surface area contributed by atoms with Gasteiger partial charge in [-0.15, -0.1) is 0 Å². The number of carbonyl (C=O) groups is 3. The summed E-state index contributed by atoms with van der Waals surface area (Å²) in [5, 5.41) is 11.0. The molecule has 2 aromatic carbocycles. The molecule has 2 aliphatic rings. The number of cyclic esters (lactones) is 1. The molecule has 1 aliphatic heterocycles. The Morgan fingerprint density at radius 1 is 1.05 bits per heavy atom. The van der Waals surface area contributed by atoms with Gasteiger partial charge >= 0.3 is 11.9 Å². The van der Waals surface area contributed by atoms with Gasteiger partial charge in [-0.1, -0.05) is 43.7 Å². The lowest BCUT2D eigenvalue weighted by Crippen LogP contribution is -2.47. The van der Waals surface area contributed by atoms with Crippen molar-refractivity contribution in [2.45, 2.75) is 65.1 Å². The third-order valence-corrected chi connectivity index (χ3v) is 6.58. The minimum Gasteiger partial charge on any atom is -0.457 e. The first-order chi connectivity index (χ1) is 18.6. The number of esters is 2. The first-order valence-electron chi connectivity index (χ1n) is 13.3. The summed E-state index contributed by atoms with van der Waals surface area (Å²) in [6, 6.07) is 16.7. The zero-order chi connectivity index (χ0) is 28.0. The fourth-order valence-corrected chi connectivity index (χ4v) is 4.43. The van der Waals surface area contributed by atoms with Crippen molar-refractivity contribution in [2.75, 3.05) is 6.54 Å². The van der Waals surface area contributed by atoms with Crippen molar-refractivity contribution in [3.05, 3.63) is 72.0 Å². The molecule has 0 bridgehead atoms. The van der Waals surface area contributed by atoms with Crippen LogP contribution in [0.4, 0.5) is 0 Å². The van der Waals surface area contributed by atoms with Crippen molar-refractivity contribution in [1.82, 2.24) is 4.90 Å². The first kappa shape index (κ1) is 28.2. The number of aliphatic hydroxyl groups excluding tert-OH is 1. The van der Waals surface area contributed by atoms with E-state index < -0.39 is 35.8 Å². The lowest BCUT2D eigenvalue weighted by atomic mass is 9.85. The van der Waals surface area contributed by atoms with Crippen LogP contribution in [0.2, 0.25) is 0 Å². The van der Waals surface area contributed by atoms with Crippen LogP contribution in [0.3, 0.4) is 0 Å². The minimum atomic E-state index is -1.83. The summed E-state index contributed by atoms with van der Waals surface area (Å²) < 4.78 is 22.1. The highest BCUT2D eigenvalue weighted by Gasteiger charge is 2.43. The number of carbonyl (C=O) groups excluding carboxylic acids is 3. The zero-order valence-electron chi connectivity index (χ0n) is 22.5. The Hall–Kier alpha value is -3.85. The second-order valence-corrected chi connectivity index (χ2v) is 10.2. The Balaban J connectivity index is 1.54. The highest BCUT2D eigenvalue weighted by atomic mass is 16.7. The molecule has 0 radical (unpaired) electrons. The van der Waals surface area contributed by atoms with Crippen molar-refractivity contribution in [3.63, 3.8) is 0 Å². The van der Waals surface area contributed by atoms with Crippen molar-refractivity contribution >= 4 is 17.8 Å². The van der Waals surface area contributed by atoms with Crippen LogP contribution in [0.5, 0.6) is 11.5 Å². The molecule has 208 valence electrons. The molecule has 4 rings (SSSR count). The molecule has 9 nitrogen and oxygen atoms in total. The number of para-hydroxylation sites is 1. The van der Waals surface area contributed by atoms with Crippen molar-refractivity contribution in [3.8, 4) is 11.5 Å². The Kier molecular flexibility index (Phi) is 8.91. The summed E-state index contributed by atoms with van der Waals surface area (Å²) in [7, 11) is 0. The quantitative estimate of drug-likeness (QED) is 0.325. The number of benzene rings is 2. The molecule has 0 spiro atoms. The Labute approximate surface area is 228 Å². The maximum Gasteiger partial charge on any atom is 0.337 e. The number of hydrogen-bond donors (Lipinski definition) is 1. The third kappa shape index (κ3) is 7.38. The van der Waals surface area contributed by atoms with E-state index in [1.165, 1.54) is 13.8 Å². The van der Waals surface area contributed by atoms with E-state index in [1.807, 2.05) is 61.5 Å². The molecule has 39 heavy (non-hydrogen) atoms. The molecule has 9 heteroatoms. The number of ether oxygens (including phenoxy) is 4. The summed E-state index contributed by atoms with van der Waals surface area (Å²) in [5.41, 5.74) is 0.829. The van der Waals surface area contributed by atoms with Gasteiger partial charge in [0.15, 0.2) is 5.92 Å². The van der Waals surface area contributed by atoms with Gasteiger partial charge in [-0.25, -0.2) is 4.79 Å². The van der Waals surface area contributed by atoms with Crippen molar-refractivity contribution < 1.29 is 38.4 Å². The van der Waals surface area contributed by atoms with Gasteiger partial charge in [0, 0.05) is 26.9 Å². The number of amides is 1. The molecule has 2 atom stereocenters. The van der Waals surface area contributed by atoms with Gasteiger partial charge in [0.2, 0.25) is 18.0 Å². The second-order valence-electron chi connectivity index (χ2n) is 10.2. The molecule has 2 aromatic rings. The van der Waals surface area contributed by atoms with E-state index in [1.54, 1.807) is 4.90 Å². The highest BCUT2D eigenvalue weighted by molar-refractivity contribution is 5.88. The average Bonchev–Trinajstić information content (AvgIpc) is 2.83. The topological polar surface area (TPSA) is 112 Å². The van der Waals surface area contributed by atoms with Crippen LogP contribution in [0.25, 0.3) is 0 Å². The summed E-state index contributed by atoms with van der Waals surface area (Å²) in [5.74, 6) is -3.67. The molecule has 1 heterocycles. The lowest BCUT2D eigenvalue weighted by molar-refractivity contribution is -0.218. The van der Waals surface area contributed by atoms with Crippen molar-refractivity contribution in [2.24, 2.45) is 11.8 Å². The first-order valence-corrected chi connectivity index (χ1v) is 13.3. The standard InChI is InChI=1S/C30H35NO8/c1-4-17-31(19-20-13-15-23(16-14-20)36-22-11-6-5-7-12-22)27(33)26(24-18-25(32)39-30(2,3)38-24)29(35)37-28(34)21-9-8-10-21/h5-7,11-16,18,21,26,29,35H,4,8-10,17,19H2,1-3H3. The smallest absolute Gasteiger partial charge is 0.337 e. The molecule has 1 aliphatic carbocycles. The third-order valence-electron chi connectivity index (χ3n) is 6.58. The fraction of sp³-hybridized carbons (Fsp3) is 0.433. The average molecular weight is 538 g/mol. The minimum absolute atomic E-state index is 0.108. The van der Waals surface area contributed by atoms with Crippen LogP contribution in [0.15, 0.2) is 66.4 Å². The van der Waals surface area contributed by atoms with Gasteiger partial charge in [-0.05, 0) is 49.1 Å². The van der Waals surface area contributed by atoms with Crippen LogP contribution in [0.1, 0.15) is 52.0 Å². The van der Waals surface area contributed by atoms with Crippen LogP contribution < -0.4 is 4.74 Å². The van der Waals surface area contributed by atoms with Crippen LogP contribution >= 0.6 is 0 Å². The largest absolute Gasteiger partial charge is 0.457 e. The van der Waals surface area contributed by atoms with E-state index >= 15 is 0 Å². The predicted molar refractivity (Wildman–Crippen MR) is 141 cm³/mol. The molecule has 1 saturated carbocycles. The summed E-state index contributed by atoms with van der Waals surface area (Å²) >= 11 is 0. The molecular formula is C30H35NO8. The SMILES string of the molecule is CCCN(Cc1ccc(Oc2ccccc2)cc1)C(=O)C(C1=CC(=O)OC(C)(C)O1)C(O)OC(=O)C1CCC1. The van der Waals surface area contributed by atoms with E-state index in [4.69, 9.17) is 18.9 Å². The monoisotopic (exact) mass is 537 g/mol. The zero-order valence-corrected chi connectivity index (χ0v) is 22.5. The Morgan fingerprint density at radius 3 is 2.31 bits per heavy atom. The maximum atomic E-state index is 13.9. The van der Waals surface area contributed by atoms with E-state index in [9.17, 15) is 19.5 Å². The number of aliphatic hydroxyl groups is 1. The van der Waals surface area contributed by atoms with E-state index in [0.29, 0.717) is 37.3 Å². The number of rotatable bonds is 11. The van der Waals surface area contributed by atoms with Gasteiger partial charge in [0.25, 0.3) is 0 Å². The number of hydrogen-bond acceptors (Lipinski definition) is 8. The molecule has 2 unspecified atom stereocenters. The van der Waals surface area contributed by atoms with Crippen LogP contribution in [-0.2, 0) is 35.1 Å². The number of nitrogens with zero attached hydrogens (tertiary/aromatic N) is 1. The molecule has 1 amide bonds. The maximum absolute atomic E-state index is 13.9. The molecule has 1 fully saturated rings.